The fraction of sp³-hybridized carbons (Fsp3) is 0.800. The van der Waals surface area contributed by atoms with E-state index in [2.05, 4.69) is 4.99 Å². The first kappa shape index (κ1) is 2.78. The highest BCUT2D eigenvalue weighted by atomic mass is 14.8. The Morgan fingerprint density at radius 2 is 2.33 bits per heavy atom. The van der Waals surface area contributed by atoms with Gasteiger partial charge in [-0.1, -0.05) is 0 Å². The SMILES string of the molecule is C1N=C2CC1C2. The van der Waals surface area contributed by atoms with E-state index in [1.54, 1.807) is 0 Å². The molecule has 0 spiro atoms. The standard InChI is InChI=1S/C5H7N/c1-4-2-5(1)6-3-4/h4H,1-3H2. The molecule has 1 nitrogen and oxygen atoms in total. The number of hydrogen-bond donors (Lipinski definition) is 0. The van der Waals surface area contributed by atoms with E-state index in [0.717, 1.165) is 12.5 Å². The van der Waals surface area contributed by atoms with Gasteiger partial charge in [0.2, 0.25) is 0 Å². The molecule has 2 heterocycles. The average molecular weight is 81.1 g/mol. The Hall–Kier alpha value is -0.330. The fourth-order valence-electron chi connectivity index (χ4n) is 1.12. The van der Waals surface area contributed by atoms with Crippen molar-refractivity contribution in [1.29, 1.82) is 0 Å². The Kier molecular flexibility index (Phi) is 0.312. The van der Waals surface area contributed by atoms with Crippen LogP contribution in [0.25, 0.3) is 0 Å². The van der Waals surface area contributed by atoms with Crippen molar-refractivity contribution in [3.63, 3.8) is 0 Å². The normalized spacial score (nSPS) is 29.7. The molecule has 3 rings (SSSR count). The van der Waals surface area contributed by atoms with Crippen molar-refractivity contribution < 1.29 is 0 Å². The first-order valence-corrected chi connectivity index (χ1v) is 2.47. The zero-order valence-electron chi connectivity index (χ0n) is 3.65. The quantitative estimate of drug-likeness (QED) is 0.410. The van der Waals surface area contributed by atoms with Crippen LogP contribution >= 0.6 is 0 Å². The van der Waals surface area contributed by atoms with Gasteiger partial charge in [0.25, 0.3) is 0 Å². The molecule has 0 atom stereocenters. The smallest absolute Gasteiger partial charge is 0.0424 e. The van der Waals surface area contributed by atoms with E-state index < -0.39 is 0 Å². The summed E-state index contributed by atoms with van der Waals surface area (Å²) in [6, 6.07) is 0. The summed E-state index contributed by atoms with van der Waals surface area (Å²) in [4.78, 5) is 4.23. The maximum absolute atomic E-state index is 4.23. The Balaban J connectivity index is 2.37. The minimum absolute atomic E-state index is 0.986. The van der Waals surface area contributed by atoms with Gasteiger partial charge in [-0.15, -0.1) is 0 Å². The summed E-state index contributed by atoms with van der Waals surface area (Å²) >= 11 is 0. The second-order valence-electron chi connectivity index (χ2n) is 2.18. The zero-order chi connectivity index (χ0) is 3.98. The lowest BCUT2D eigenvalue weighted by Crippen LogP contribution is -2.15. The van der Waals surface area contributed by atoms with E-state index in [-0.39, 0.29) is 0 Å². The van der Waals surface area contributed by atoms with Crippen molar-refractivity contribution >= 4 is 5.71 Å². The molecule has 32 valence electrons. The van der Waals surface area contributed by atoms with E-state index in [9.17, 15) is 0 Å². The van der Waals surface area contributed by atoms with E-state index in [1.807, 2.05) is 0 Å². The summed E-state index contributed by atoms with van der Waals surface area (Å²) in [7, 11) is 0. The summed E-state index contributed by atoms with van der Waals surface area (Å²) in [5, 5.41) is 0. The minimum atomic E-state index is 0.986. The molecule has 3 aliphatic rings. The number of rotatable bonds is 0. The van der Waals surface area contributed by atoms with Crippen molar-refractivity contribution in [2.24, 2.45) is 10.9 Å². The van der Waals surface area contributed by atoms with Crippen LogP contribution in [0.3, 0.4) is 0 Å². The number of aliphatic imine (C=N–C) groups is 1. The third kappa shape index (κ3) is 0.163. The highest BCUT2D eigenvalue weighted by molar-refractivity contribution is 5.92. The summed E-state index contributed by atoms with van der Waals surface area (Å²) in [6.45, 7) is 1.15. The lowest BCUT2D eigenvalue weighted by molar-refractivity contribution is 0.575. The molecule has 0 aromatic rings. The summed E-state index contributed by atoms with van der Waals surface area (Å²) in [6.07, 6.45) is 2.67. The molecule has 0 saturated heterocycles. The number of hydrogen-bond acceptors (Lipinski definition) is 1. The Morgan fingerprint density at radius 1 is 1.50 bits per heavy atom. The first-order valence-electron chi connectivity index (χ1n) is 2.47. The molecule has 2 aliphatic heterocycles. The van der Waals surface area contributed by atoms with Crippen molar-refractivity contribution in [2.75, 3.05) is 6.54 Å². The van der Waals surface area contributed by atoms with Crippen LogP contribution in [0.2, 0.25) is 0 Å². The highest BCUT2D eigenvalue weighted by Gasteiger charge is 2.29. The molecule has 1 saturated carbocycles. The van der Waals surface area contributed by atoms with Crippen LogP contribution in [0.4, 0.5) is 0 Å². The van der Waals surface area contributed by atoms with Crippen molar-refractivity contribution in [1.82, 2.24) is 0 Å². The maximum Gasteiger partial charge on any atom is 0.0424 e. The van der Waals surface area contributed by atoms with Crippen LogP contribution in [-0.2, 0) is 0 Å². The predicted octanol–water partition coefficient (Wildman–Crippen LogP) is 0.851. The van der Waals surface area contributed by atoms with Gasteiger partial charge in [0.1, 0.15) is 0 Å². The van der Waals surface area contributed by atoms with Crippen molar-refractivity contribution in [3.8, 4) is 0 Å². The molecule has 1 aliphatic carbocycles. The highest BCUT2D eigenvalue weighted by Crippen LogP contribution is 2.30. The van der Waals surface area contributed by atoms with Crippen LogP contribution in [0, 0.1) is 5.92 Å². The number of nitrogens with zero attached hydrogens (tertiary/aromatic N) is 1. The maximum atomic E-state index is 4.23. The monoisotopic (exact) mass is 81.1 g/mol. The van der Waals surface area contributed by atoms with Gasteiger partial charge in [0.05, 0.1) is 0 Å². The number of fused-ring (bicyclic) bond motifs is 1. The van der Waals surface area contributed by atoms with Crippen LogP contribution in [0.15, 0.2) is 4.99 Å². The van der Waals surface area contributed by atoms with Gasteiger partial charge in [0.15, 0.2) is 0 Å². The predicted molar refractivity (Wildman–Crippen MR) is 25.0 cm³/mol. The van der Waals surface area contributed by atoms with Gasteiger partial charge in [-0.25, -0.2) is 0 Å². The molecular formula is C5H7N. The van der Waals surface area contributed by atoms with E-state index in [1.165, 1.54) is 18.6 Å². The Morgan fingerprint density at radius 3 is 2.50 bits per heavy atom. The molecule has 1 fully saturated rings. The first-order chi connectivity index (χ1) is 2.95. The molecule has 0 N–H and O–H groups in total. The molecule has 0 amide bonds. The summed E-state index contributed by atoms with van der Waals surface area (Å²) in [5.74, 6) is 0.986. The molecule has 6 heavy (non-hydrogen) atoms. The van der Waals surface area contributed by atoms with Crippen LogP contribution in [-0.4, -0.2) is 12.3 Å². The average Bonchev–Trinajstić information content (AvgIpc) is 1.72. The van der Waals surface area contributed by atoms with Gasteiger partial charge in [-0.05, 0) is 18.8 Å². The molecule has 0 aromatic carbocycles. The lowest BCUT2D eigenvalue weighted by atomic mass is 9.88. The van der Waals surface area contributed by atoms with Gasteiger partial charge in [-0.3, -0.25) is 4.99 Å². The van der Waals surface area contributed by atoms with E-state index in [4.69, 9.17) is 0 Å². The second-order valence-corrected chi connectivity index (χ2v) is 2.18. The molecule has 2 bridgehead atoms. The van der Waals surface area contributed by atoms with Crippen molar-refractivity contribution in [2.45, 2.75) is 12.8 Å². The second kappa shape index (κ2) is 0.673. The molecule has 0 radical (unpaired) electrons. The fourth-order valence-corrected chi connectivity index (χ4v) is 1.12. The van der Waals surface area contributed by atoms with E-state index >= 15 is 0 Å². The molecule has 0 unspecified atom stereocenters. The van der Waals surface area contributed by atoms with Gasteiger partial charge in [-0.2, -0.15) is 0 Å². The topological polar surface area (TPSA) is 12.4 Å². The van der Waals surface area contributed by atoms with Crippen LogP contribution in [0.1, 0.15) is 12.8 Å². The third-order valence-corrected chi connectivity index (χ3v) is 1.62. The Bertz CT molecular complexity index is 93.8. The van der Waals surface area contributed by atoms with Gasteiger partial charge in [0, 0.05) is 12.3 Å². The summed E-state index contributed by atoms with van der Waals surface area (Å²) < 4.78 is 0. The largest absolute Gasteiger partial charge is 0.294 e. The minimum Gasteiger partial charge on any atom is -0.294 e. The molecule has 0 aromatic heterocycles. The van der Waals surface area contributed by atoms with Gasteiger partial charge >= 0.3 is 0 Å². The lowest BCUT2D eigenvalue weighted by Gasteiger charge is -2.14. The van der Waals surface area contributed by atoms with E-state index in [0.29, 0.717) is 0 Å². The van der Waals surface area contributed by atoms with Crippen molar-refractivity contribution in [3.05, 3.63) is 0 Å². The molecular weight excluding hydrogens is 74.1 g/mol. The van der Waals surface area contributed by atoms with Gasteiger partial charge < -0.3 is 0 Å². The molecule has 1 heteroatoms. The summed E-state index contributed by atoms with van der Waals surface area (Å²) in [5.41, 5.74) is 1.47. The van der Waals surface area contributed by atoms with Crippen LogP contribution < -0.4 is 0 Å². The zero-order valence-corrected chi connectivity index (χ0v) is 3.65. The Labute approximate surface area is 37.1 Å². The van der Waals surface area contributed by atoms with Crippen LogP contribution in [0.5, 0.6) is 0 Å². The third-order valence-electron chi connectivity index (χ3n) is 1.62.